The van der Waals surface area contributed by atoms with Crippen molar-refractivity contribution in [2.45, 2.75) is 56.4 Å². The van der Waals surface area contributed by atoms with Crippen molar-refractivity contribution in [3.8, 4) is 0 Å². The molecule has 17 heavy (non-hydrogen) atoms. The van der Waals surface area contributed by atoms with Crippen molar-refractivity contribution in [2.75, 3.05) is 26.4 Å². The molecule has 1 aliphatic carbocycles. The average molecular weight is 241 g/mol. The first-order valence-electron chi connectivity index (χ1n) is 6.98. The summed E-state index contributed by atoms with van der Waals surface area (Å²) in [5.74, 6) is -0.214. The molecule has 0 aromatic rings. The van der Waals surface area contributed by atoms with E-state index in [0.29, 0.717) is 12.1 Å². The second-order valence-electron chi connectivity index (χ2n) is 5.44. The number of nitrogens with one attached hydrogen (secondary N) is 1. The largest absolute Gasteiger partial charge is 0.381 e. The van der Waals surface area contributed by atoms with Crippen LogP contribution in [0.15, 0.2) is 0 Å². The van der Waals surface area contributed by atoms with Gasteiger partial charge in [-0.3, -0.25) is 0 Å². The predicted molar refractivity (Wildman–Crippen MR) is 63.9 cm³/mol. The van der Waals surface area contributed by atoms with Gasteiger partial charge in [-0.25, -0.2) is 0 Å². The molecule has 1 saturated carbocycles. The van der Waals surface area contributed by atoms with Crippen LogP contribution in [0, 0.1) is 0 Å². The van der Waals surface area contributed by atoms with Crippen LogP contribution >= 0.6 is 0 Å². The Balaban J connectivity index is 1.44. The third-order valence-corrected chi connectivity index (χ3v) is 4.25. The molecule has 2 aliphatic heterocycles. The van der Waals surface area contributed by atoms with Crippen LogP contribution in [-0.2, 0) is 14.2 Å². The molecule has 0 aromatic carbocycles. The fourth-order valence-corrected chi connectivity index (χ4v) is 3.21. The van der Waals surface area contributed by atoms with E-state index in [4.69, 9.17) is 14.2 Å². The Morgan fingerprint density at radius 3 is 2.00 bits per heavy atom. The van der Waals surface area contributed by atoms with Crippen molar-refractivity contribution >= 4 is 0 Å². The molecule has 0 unspecified atom stereocenters. The maximum atomic E-state index is 5.75. The SMILES string of the molecule is C1CC(NC2CCC3(CC2)OCCO3)CCO1. The second-order valence-corrected chi connectivity index (χ2v) is 5.44. The van der Waals surface area contributed by atoms with Crippen LogP contribution < -0.4 is 5.32 Å². The van der Waals surface area contributed by atoms with Crippen LogP contribution in [0.4, 0.5) is 0 Å². The zero-order valence-corrected chi connectivity index (χ0v) is 10.5. The molecule has 3 aliphatic rings. The standard InChI is InChI=1S/C13H23NO3/c1-5-13(16-9-10-17-13)6-2-11(1)14-12-3-7-15-8-4-12/h11-12,14H,1-10H2. The van der Waals surface area contributed by atoms with Gasteiger partial charge in [0.25, 0.3) is 0 Å². The summed E-state index contributed by atoms with van der Waals surface area (Å²) < 4.78 is 16.9. The van der Waals surface area contributed by atoms with Crippen molar-refractivity contribution in [2.24, 2.45) is 0 Å². The molecule has 2 heterocycles. The minimum absolute atomic E-state index is 0.214. The summed E-state index contributed by atoms with van der Waals surface area (Å²) in [5.41, 5.74) is 0. The summed E-state index contributed by atoms with van der Waals surface area (Å²) in [5, 5.41) is 3.77. The van der Waals surface area contributed by atoms with E-state index in [0.717, 1.165) is 52.1 Å². The quantitative estimate of drug-likeness (QED) is 0.794. The molecule has 0 amide bonds. The summed E-state index contributed by atoms with van der Waals surface area (Å²) >= 11 is 0. The molecule has 2 saturated heterocycles. The minimum Gasteiger partial charge on any atom is -0.381 e. The molecule has 1 spiro atoms. The predicted octanol–water partition coefficient (Wildman–Crippen LogP) is 1.44. The third-order valence-electron chi connectivity index (χ3n) is 4.25. The molecule has 0 bridgehead atoms. The fraction of sp³-hybridized carbons (Fsp3) is 1.00. The number of ether oxygens (including phenoxy) is 3. The molecule has 0 radical (unpaired) electrons. The fourth-order valence-electron chi connectivity index (χ4n) is 3.21. The molecule has 1 N–H and O–H groups in total. The van der Waals surface area contributed by atoms with Gasteiger partial charge in [0, 0.05) is 38.1 Å². The summed E-state index contributed by atoms with van der Waals surface area (Å²) in [6, 6.07) is 1.31. The Kier molecular flexibility index (Phi) is 3.66. The topological polar surface area (TPSA) is 39.7 Å². The van der Waals surface area contributed by atoms with Crippen molar-refractivity contribution in [1.82, 2.24) is 5.32 Å². The van der Waals surface area contributed by atoms with E-state index in [1.54, 1.807) is 0 Å². The number of hydrogen-bond donors (Lipinski definition) is 1. The van der Waals surface area contributed by atoms with Crippen LogP contribution in [0.5, 0.6) is 0 Å². The average Bonchev–Trinajstić information content (AvgIpc) is 2.83. The summed E-state index contributed by atoms with van der Waals surface area (Å²) in [6.07, 6.45) is 6.78. The van der Waals surface area contributed by atoms with Gasteiger partial charge in [-0.15, -0.1) is 0 Å². The van der Waals surface area contributed by atoms with Crippen LogP contribution in [0.2, 0.25) is 0 Å². The van der Waals surface area contributed by atoms with Crippen LogP contribution in [0.3, 0.4) is 0 Å². The first-order chi connectivity index (χ1) is 8.36. The lowest BCUT2D eigenvalue weighted by molar-refractivity contribution is -0.180. The monoisotopic (exact) mass is 241 g/mol. The first kappa shape index (κ1) is 11.9. The van der Waals surface area contributed by atoms with Crippen molar-refractivity contribution in [3.63, 3.8) is 0 Å². The van der Waals surface area contributed by atoms with E-state index in [-0.39, 0.29) is 5.79 Å². The highest BCUT2D eigenvalue weighted by atomic mass is 16.7. The van der Waals surface area contributed by atoms with Gasteiger partial charge in [-0.1, -0.05) is 0 Å². The molecule has 0 atom stereocenters. The Bertz CT molecular complexity index is 237. The van der Waals surface area contributed by atoms with E-state index in [2.05, 4.69) is 5.32 Å². The lowest BCUT2D eigenvalue weighted by atomic mass is 9.89. The molecule has 4 heteroatoms. The lowest BCUT2D eigenvalue weighted by Gasteiger charge is -2.37. The van der Waals surface area contributed by atoms with Gasteiger partial charge in [0.2, 0.25) is 0 Å². The van der Waals surface area contributed by atoms with Crippen LogP contribution in [-0.4, -0.2) is 44.3 Å². The molecule has 3 fully saturated rings. The Morgan fingerprint density at radius 1 is 0.765 bits per heavy atom. The zero-order valence-electron chi connectivity index (χ0n) is 10.5. The van der Waals surface area contributed by atoms with Gasteiger partial charge in [0.15, 0.2) is 5.79 Å². The van der Waals surface area contributed by atoms with E-state index in [1.807, 2.05) is 0 Å². The maximum absolute atomic E-state index is 5.75. The van der Waals surface area contributed by atoms with Gasteiger partial charge in [-0.05, 0) is 25.7 Å². The van der Waals surface area contributed by atoms with Gasteiger partial charge < -0.3 is 19.5 Å². The molecule has 0 aromatic heterocycles. The number of rotatable bonds is 2. The van der Waals surface area contributed by atoms with Gasteiger partial charge in [0.1, 0.15) is 0 Å². The highest BCUT2D eigenvalue weighted by molar-refractivity contribution is 4.87. The molecule has 4 nitrogen and oxygen atoms in total. The van der Waals surface area contributed by atoms with Crippen molar-refractivity contribution in [3.05, 3.63) is 0 Å². The smallest absolute Gasteiger partial charge is 0.168 e. The third kappa shape index (κ3) is 2.81. The normalized spacial score (nSPS) is 31.1. The van der Waals surface area contributed by atoms with Crippen molar-refractivity contribution < 1.29 is 14.2 Å². The Morgan fingerprint density at radius 2 is 1.35 bits per heavy atom. The summed E-state index contributed by atoms with van der Waals surface area (Å²) in [4.78, 5) is 0. The maximum Gasteiger partial charge on any atom is 0.168 e. The lowest BCUT2D eigenvalue weighted by Crippen LogP contribution is -2.46. The van der Waals surface area contributed by atoms with Crippen LogP contribution in [0.1, 0.15) is 38.5 Å². The highest BCUT2D eigenvalue weighted by Gasteiger charge is 2.40. The summed E-state index contributed by atoms with van der Waals surface area (Å²) in [6.45, 7) is 3.39. The Labute approximate surface area is 103 Å². The van der Waals surface area contributed by atoms with Crippen molar-refractivity contribution in [1.29, 1.82) is 0 Å². The van der Waals surface area contributed by atoms with Crippen LogP contribution in [0.25, 0.3) is 0 Å². The first-order valence-corrected chi connectivity index (χ1v) is 6.98. The molecule has 98 valence electrons. The molecular weight excluding hydrogens is 218 g/mol. The van der Waals surface area contributed by atoms with E-state index in [9.17, 15) is 0 Å². The highest BCUT2D eigenvalue weighted by Crippen LogP contribution is 2.35. The number of hydrogen-bond acceptors (Lipinski definition) is 4. The second kappa shape index (κ2) is 5.22. The Hall–Kier alpha value is -0.160. The molecular formula is C13H23NO3. The molecule has 3 rings (SSSR count). The minimum atomic E-state index is -0.214. The summed E-state index contributed by atoms with van der Waals surface area (Å²) in [7, 11) is 0. The zero-order chi connectivity index (χ0) is 11.6. The van der Waals surface area contributed by atoms with Gasteiger partial charge in [-0.2, -0.15) is 0 Å². The van der Waals surface area contributed by atoms with E-state index < -0.39 is 0 Å². The van der Waals surface area contributed by atoms with Gasteiger partial charge >= 0.3 is 0 Å². The van der Waals surface area contributed by atoms with E-state index in [1.165, 1.54) is 12.8 Å². The van der Waals surface area contributed by atoms with E-state index >= 15 is 0 Å². The van der Waals surface area contributed by atoms with Gasteiger partial charge in [0.05, 0.1) is 13.2 Å².